The fourth-order valence-electron chi connectivity index (χ4n) is 0.536. The van der Waals surface area contributed by atoms with Crippen molar-refractivity contribution in [1.29, 1.82) is 0 Å². The highest BCUT2D eigenvalue weighted by Gasteiger charge is 2.74. The molecule has 0 unspecified atom stereocenters. The van der Waals surface area contributed by atoms with Crippen LogP contribution in [-0.4, -0.2) is 29.7 Å². The molecule has 0 aromatic rings. The third-order valence-electron chi connectivity index (χ3n) is 1.32. The quantitative estimate of drug-likeness (QED) is 0.756. The monoisotopic (exact) mass is 244 g/mol. The smallest absolute Gasteiger partial charge is 0.392 e. The van der Waals surface area contributed by atoms with E-state index in [2.05, 4.69) is 0 Å². The maximum Gasteiger partial charge on any atom is 0.460 e. The molecule has 0 aliphatic rings. The number of hydrogen-bond donors (Lipinski definition) is 1. The van der Waals surface area contributed by atoms with Gasteiger partial charge < -0.3 is 5.11 Å². The first-order valence-electron chi connectivity index (χ1n) is 3.28. The molecule has 90 valence electrons. The maximum atomic E-state index is 12.3. The van der Waals surface area contributed by atoms with Crippen LogP contribution in [-0.2, 0) is 0 Å². The van der Waals surface area contributed by atoms with Gasteiger partial charge in [-0.3, -0.25) is 0 Å². The van der Waals surface area contributed by atoms with E-state index in [1.165, 1.54) is 0 Å². The van der Waals surface area contributed by atoms with Gasteiger partial charge in [0.05, 0.1) is 6.61 Å². The van der Waals surface area contributed by atoms with Gasteiger partial charge in [0.25, 0.3) is 0 Å². The van der Waals surface area contributed by atoms with Crippen molar-refractivity contribution in [3.63, 3.8) is 0 Å². The van der Waals surface area contributed by atoms with E-state index >= 15 is 0 Å². The normalized spacial score (nSPS) is 15.7. The molecule has 0 atom stereocenters. The van der Waals surface area contributed by atoms with Crippen LogP contribution < -0.4 is 0 Å². The molecule has 0 aliphatic carbocycles. The number of allylic oxidation sites excluding steroid dienone is 1. The molecule has 0 heterocycles. The van der Waals surface area contributed by atoms with Gasteiger partial charge in [0, 0.05) is 0 Å². The second-order valence-corrected chi connectivity index (χ2v) is 2.38. The summed E-state index contributed by atoms with van der Waals surface area (Å²) < 4.78 is 95.1. The van der Waals surface area contributed by atoms with Gasteiger partial charge in [-0.05, 0) is 6.08 Å². The second kappa shape index (κ2) is 3.95. The summed E-state index contributed by atoms with van der Waals surface area (Å²) in [6, 6.07) is 0. The van der Waals surface area contributed by atoms with Crippen molar-refractivity contribution in [3.8, 4) is 0 Å². The van der Waals surface area contributed by atoms with Crippen LogP contribution in [0.4, 0.5) is 35.1 Å². The van der Waals surface area contributed by atoms with Gasteiger partial charge in [-0.1, -0.05) is 0 Å². The van der Waals surface area contributed by atoms with Gasteiger partial charge in [0.15, 0.2) is 5.83 Å². The summed E-state index contributed by atoms with van der Waals surface area (Å²) in [5, 5.41) is 7.89. The molecule has 0 rings (SSSR count). The van der Waals surface area contributed by atoms with Crippen molar-refractivity contribution in [2.45, 2.75) is 18.0 Å². The Balaban J connectivity index is 5.28. The Morgan fingerprint density at radius 3 is 1.67 bits per heavy atom. The summed E-state index contributed by atoms with van der Waals surface area (Å²) in [5.41, 5.74) is 0. The second-order valence-electron chi connectivity index (χ2n) is 2.38. The van der Waals surface area contributed by atoms with Crippen LogP contribution in [0.5, 0.6) is 0 Å². The van der Waals surface area contributed by atoms with Gasteiger partial charge in [-0.2, -0.15) is 30.7 Å². The molecule has 9 heteroatoms. The van der Waals surface area contributed by atoms with Crippen LogP contribution in [0, 0.1) is 0 Å². The van der Waals surface area contributed by atoms with E-state index in [1.54, 1.807) is 0 Å². The number of hydrogen-bond acceptors (Lipinski definition) is 1. The van der Waals surface area contributed by atoms with Crippen LogP contribution >= 0.6 is 0 Å². The van der Waals surface area contributed by atoms with Gasteiger partial charge in [0.1, 0.15) is 0 Å². The Morgan fingerprint density at radius 1 is 1.00 bits per heavy atom. The van der Waals surface area contributed by atoms with Crippen molar-refractivity contribution >= 4 is 0 Å². The van der Waals surface area contributed by atoms with E-state index in [0.29, 0.717) is 0 Å². The zero-order valence-electron chi connectivity index (χ0n) is 6.76. The lowest BCUT2D eigenvalue weighted by Crippen LogP contribution is -2.52. The highest BCUT2D eigenvalue weighted by Crippen LogP contribution is 2.49. The molecule has 15 heavy (non-hydrogen) atoms. The van der Waals surface area contributed by atoms with Gasteiger partial charge in [0.2, 0.25) is 0 Å². The fourth-order valence-corrected chi connectivity index (χ4v) is 0.536. The van der Waals surface area contributed by atoms with Gasteiger partial charge in [-0.25, -0.2) is 4.39 Å². The molecular formula is C6H4F8O. The highest BCUT2D eigenvalue weighted by atomic mass is 19.4. The molecule has 0 amide bonds. The summed E-state index contributed by atoms with van der Waals surface area (Å²) in [7, 11) is 0. The van der Waals surface area contributed by atoms with Crippen molar-refractivity contribution < 1.29 is 40.2 Å². The molecule has 0 saturated carbocycles. The fraction of sp³-hybridized carbons (Fsp3) is 0.667. The number of halogens is 8. The molecule has 0 spiro atoms. The lowest BCUT2D eigenvalue weighted by Gasteiger charge is -2.26. The zero-order chi connectivity index (χ0) is 12.5. The lowest BCUT2D eigenvalue weighted by molar-refractivity contribution is -0.347. The number of rotatable bonds is 3. The molecule has 1 N–H and O–H groups in total. The summed E-state index contributed by atoms with van der Waals surface area (Å²) in [6.45, 7) is -1.42. The van der Waals surface area contributed by atoms with Gasteiger partial charge in [-0.15, -0.1) is 0 Å². The first kappa shape index (κ1) is 14.1. The Hall–Kier alpha value is -0.860. The van der Waals surface area contributed by atoms with E-state index in [9.17, 15) is 35.1 Å². The third-order valence-corrected chi connectivity index (χ3v) is 1.32. The highest BCUT2D eigenvalue weighted by molar-refractivity contribution is 5.12. The average Bonchev–Trinajstić information content (AvgIpc) is 2.02. The molecule has 1 nitrogen and oxygen atoms in total. The summed E-state index contributed by atoms with van der Waals surface area (Å²) >= 11 is 0. The molecule has 0 aromatic carbocycles. The van der Waals surface area contributed by atoms with Crippen molar-refractivity contribution in [2.24, 2.45) is 0 Å². The van der Waals surface area contributed by atoms with E-state index in [4.69, 9.17) is 5.11 Å². The molecule has 0 bridgehead atoms. The maximum absolute atomic E-state index is 12.3. The predicted molar refractivity (Wildman–Crippen MR) is 32.2 cm³/mol. The topological polar surface area (TPSA) is 20.2 Å². The first-order chi connectivity index (χ1) is 6.48. The van der Waals surface area contributed by atoms with E-state index in [0.717, 1.165) is 0 Å². The third kappa shape index (κ3) is 2.39. The van der Waals surface area contributed by atoms with E-state index < -0.39 is 36.5 Å². The average molecular weight is 244 g/mol. The van der Waals surface area contributed by atoms with Gasteiger partial charge >= 0.3 is 18.0 Å². The number of aliphatic hydroxyl groups is 1. The Kier molecular flexibility index (Phi) is 3.72. The van der Waals surface area contributed by atoms with Crippen LogP contribution in [0.2, 0.25) is 0 Å². The molecule has 0 saturated heterocycles. The summed E-state index contributed by atoms with van der Waals surface area (Å²) in [6.07, 6.45) is -7.06. The summed E-state index contributed by atoms with van der Waals surface area (Å²) in [4.78, 5) is 0. The van der Waals surface area contributed by atoms with E-state index in [1.807, 2.05) is 0 Å². The minimum absolute atomic E-state index is 0.473. The van der Waals surface area contributed by atoms with Crippen LogP contribution in [0.15, 0.2) is 11.9 Å². The lowest BCUT2D eigenvalue weighted by atomic mass is 10.1. The van der Waals surface area contributed by atoms with Crippen molar-refractivity contribution in [1.82, 2.24) is 0 Å². The molecule has 0 aliphatic heterocycles. The molecular weight excluding hydrogens is 240 g/mol. The van der Waals surface area contributed by atoms with Crippen LogP contribution in [0.25, 0.3) is 0 Å². The minimum atomic E-state index is -6.59. The predicted octanol–water partition coefficient (Wildman–Crippen LogP) is 2.67. The Morgan fingerprint density at radius 2 is 1.40 bits per heavy atom. The first-order valence-corrected chi connectivity index (χ1v) is 3.28. The minimum Gasteiger partial charge on any atom is -0.392 e. The van der Waals surface area contributed by atoms with Crippen LogP contribution in [0.3, 0.4) is 0 Å². The molecule has 0 aromatic heterocycles. The van der Waals surface area contributed by atoms with Crippen LogP contribution in [0.1, 0.15) is 0 Å². The summed E-state index contributed by atoms with van der Waals surface area (Å²) in [5.74, 6) is -15.6. The zero-order valence-corrected chi connectivity index (χ0v) is 6.76. The largest absolute Gasteiger partial charge is 0.460 e. The molecule has 0 radical (unpaired) electrons. The SMILES string of the molecule is OC/C=C(\F)C(F)(F)C(F)(F)C(F)(F)F. The standard InChI is InChI=1S/C6H4F8O/c7-3(1-2-15)4(8,9)5(10,11)6(12,13)14/h1,15H,2H2/b3-1-. The number of aliphatic hydroxyl groups excluding tert-OH is 1. The van der Waals surface area contributed by atoms with Crippen molar-refractivity contribution in [2.75, 3.05) is 6.61 Å². The number of alkyl halides is 7. The Labute approximate surface area is 78.0 Å². The Bertz CT molecular complexity index is 252. The van der Waals surface area contributed by atoms with E-state index in [-0.39, 0.29) is 0 Å². The van der Waals surface area contributed by atoms with Crippen molar-refractivity contribution in [3.05, 3.63) is 11.9 Å². The molecule has 0 fully saturated rings.